The lowest BCUT2D eigenvalue weighted by atomic mass is 10.1. The van der Waals surface area contributed by atoms with Gasteiger partial charge in [-0.1, -0.05) is 28.1 Å². The van der Waals surface area contributed by atoms with E-state index in [0.29, 0.717) is 19.5 Å². The highest BCUT2D eigenvalue weighted by Crippen LogP contribution is 2.11. The van der Waals surface area contributed by atoms with E-state index < -0.39 is 0 Å². The van der Waals surface area contributed by atoms with Crippen molar-refractivity contribution in [2.24, 2.45) is 5.73 Å². The topological polar surface area (TPSA) is 55.6 Å². The Morgan fingerprint density at radius 3 is 2.50 bits per heavy atom. The van der Waals surface area contributed by atoms with Crippen molar-refractivity contribution in [3.8, 4) is 0 Å². The maximum Gasteiger partial charge on any atom is 0.224 e. The van der Waals surface area contributed by atoms with Crippen LogP contribution in [-0.4, -0.2) is 44.2 Å². The van der Waals surface area contributed by atoms with Gasteiger partial charge in [0.25, 0.3) is 0 Å². The molecule has 0 heterocycles. The van der Waals surface area contributed by atoms with E-state index in [2.05, 4.69) is 28.1 Å². The lowest BCUT2D eigenvalue weighted by Gasteiger charge is -2.20. The molecule has 0 aliphatic carbocycles. The molecule has 114 valence electrons. The van der Waals surface area contributed by atoms with Crippen LogP contribution in [0.15, 0.2) is 28.7 Å². The number of nitrogens with two attached hydrogens (primary N) is 1. The van der Waals surface area contributed by atoms with E-state index in [4.69, 9.17) is 10.5 Å². The Hall–Kier alpha value is -0.620. The maximum absolute atomic E-state index is 11.9. The standard InChI is InChI=1S/C14H21BrN2O2.ClH/c1-17(14(18)9-13(10-16)19-2)8-7-11-3-5-12(15)6-4-11;/h3-6,13H,7-10,16H2,1-2H3;1H. The van der Waals surface area contributed by atoms with Crippen molar-refractivity contribution in [2.45, 2.75) is 18.9 Å². The number of carbonyl (C=O) groups is 1. The predicted octanol–water partition coefficient (Wildman–Crippen LogP) is 2.24. The molecule has 4 nitrogen and oxygen atoms in total. The van der Waals surface area contributed by atoms with Crippen LogP contribution in [0.25, 0.3) is 0 Å². The zero-order valence-corrected chi connectivity index (χ0v) is 14.2. The van der Waals surface area contributed by atoms with E-state index in [1.54, 1.807) is 12.0 Å². The first kappa shape index (κ1) is 19.4. The summed E-state index contributed by atoms with van der Waals surface area (Å²) in [7, 11) is 3.39. The molecule has 1 unspecified atom stereocenters. The number of carbonyl (C=O) groups excluding carboxylic acids is 1. The maximum atomic E-state index is 11.9. The monoisotopic (exact) mass is 364 g/mol. The van der Waals surface area contributed by atoms with Gasteiger partial charge in [-0.25, -0.2) is 0 Å². The summed E-state index contributed by atoms with van der Waals surface area (Å²) in [6.45, 7) is 1.06. The summed E-state index contributed by atoms with van der Waals surface area (Å²) in [4.78, 5) is 13.7. The van der Waals surface area contributed by atoms with Crippen molar-refractivity contribution in [1.29, 1.82) is 0 Å². The molecule has 1 amide bonds. The second-order valence-corrected chi connectivity index (χ2v) is 5.40. The van der Waals surface area contributed by atoms with Crippen LogP contribution in [0, 0.1) is 0 Å². The third-order valence-electron chi connectivity index (χ3n) is 3.07. The number of nitrogens with zero attached hydrogens (tertiary/aromatic N) is 1. The van der Waals surface area contributed by atoms with Gasteiger partial charge in [0.05, 0.1) is 12.5 Å². The number of hydrogen-bond acceptors (Lipinski definition) is 3. The second kappa shape index (κ2) is 10.2. The average Bonchev–Trinajstić information content (AvgIpc) is 2.43. The summed E-state index contributed by atoms with van der Waals surface area (Å²) in [5.74, 6) is 0.0643. The van der Waals surface area contributed by atoms with E-state index in [1.807, 2.05) is 19.2 Å². The molecule has 2 N–H and O–H groups in total. The first-order valence-corrected chi connectivity index (χ1v) is 7.07. The molecule has 0 saturated carbocycles. The number of likely N-dealkylation sites (N-methyl/N-ethyl adjacent to an activating group) is 1. The summed E-state index contributed by atoms with van der Waals surface area (Å²) in [6, 6.07) is 8.12. The van der Waals surface area contributed by atoms with Crippen LogP contribution in [0.2, 0.25) is 0 Å². The Kier molecular flexibility index (Phi) is 9.84. The van der Waals surface area contributed by atoms with Crippen molar-refractivity contribution < 1.29 is 9.53 Å². The molecule has 0 radical (unpaired) electrons. The van der Waals surface area contributed by atoms with Gasteiger partial charge in [0, 0.05) is 31.7 Å². The van der Waals surface area contributed by atoms with Crippen LogP contribution >= 0.6 is 28.3 Å². The molecule has 0 bridgehead atoms. The minimum absolute atomic E-state index is 0. The first-order valence-electron chi connectivity index (χ1n) is 6.28. The lowest BCUT2D eigenvalue weighted by molar-refractivity contribution is -0.132. The molecule has 0 spiro atoms. The molecule has 0 saturated heterocycles. The van der Waals surface area contributed by atoms with Gasteiger partial charge in [0.1, 0.15) is 0 Å². The summed E-state index contributed by atoms with van der Waals surface area (Å²) >= 11 is 3.40. The Bertz CT molecular complexity index is 397. The first-order chi connectivity index (χ1) is 9.06. The highest BCUT2D eigenvalue weighted by Gasteiger charge is 2.15. The SMILES string of the molecule is COC(CN)CC(=O)N(C)CCc1ccc(Br)cc1.Cl. The van der Waals surface area contributed by atoms with Gasteiger partial charge in [-0.15, -0.1) is 12.4 Å². The summed E-state index contributed by atoms with van der Waals surface area (Å²) < 4.78 is 6.18. The van der Waals surface area contributed by atoms with Crippen molar-refractivity contribution in [1.82, 2.24) is 4.90 Å². The predicted molar refractivity (Wildman–Crippen MR) is 87.2 cm³/mol. The molecule has 1 atom stereocenters. The zero-order chi connectivity index (χ0) is 14.3. The van der Waals surface area contributed by atoms with Gasteiger partial charge < -0.3 is 15.4 Å². The number of rotatable bonds is 7. The van der Waals surface area contributed by atoms with Crippen LogP contribution in [0.5, 0.6) is 0 Å². The quantitative estimate of drug-likeness (QED) is 0.806. The third kappa shape index (κ3) is 6.70. The Balaban J connectivity index is 0.00000361. The van der Waals surface area contributed by atoms with Crippen LogP contribution < -0.4 is 5.73 Å². The molecule has 1 aromatic rings. The van der Waals surface area contributed by atoms with Crippen LogP contribution in [0.3, 0.4) is 0 Å². The van der Waals surface area contributed by atoms with Gasteiger partial charge >= 0.3 is 0 Å². The van der Waals surface area contributed by atoms with Crippen molar-refractivity contribution in [3.05, 3.63) is 34.3 Å². The van der Waals surface area contributed by atoms with E-state index in [9.17, 15) is 4.79 Å². The average molecular weight is 366 g/mol. The molecular weight excluding hydrogens is 344 g/mol. The van der Waals surface area contributed by atoms with Crippen LogP contribution in [0.1, 0.15) is 12.0 Å². The number of hydrogen-bond donors (Lipinski definition) is 1. The van der Waals surface area contributed by atoms with Crippen molar-refractivity contribution in [2.75, 3.05) is 27.2 Å². The molecule has 1 rings (SSSR count). The fourth-order valence-electron chi connectivity index (χ4n) is 1.69. The molecule has 0 aliphatic heterocycles. The minimum Gasteiger partial charge on any atom is -0.380 e. The van der Waals surface area contributed by atoms with E-state index in [1.165, 1.54) is 5.56 Å². The number of halogens is 2. The van der Waals surface area contributed by atoms with Gasteiger partial charge in [0.2, 0.25) is 5.91 Å². The van der Waals surface area contributed by atoms with Crippen molar-refractivity contribution >= 4 is 34.2 Å². The zero-order valence-electron chi connectivity index (χ0n) is 11.8. The highest BCUT2D eigenvalue weighted by molar-refractivity contribution is 9.10. The Labute approximate surface area is 135 Å². The smallest absolute Gasteiger partial charge is 0.224 e. The van der Waals surface area contributed by atoms with Gasteiger partial charge in [-0.2, -0.15) is 0 Å². The fraction of sp³-hybridized carbons (Fsp3) is 0.500. The Morgan fingerprint density at radius 2 is 2.00 bits per heavy atom. The van der Waals surface area contributed by atoms with Crippen LogP contribution in [-0.2, 0) is 16.0 Å². The molecule has 6 heteroatoms. The third-order valence-corrected chi connectivity index (χ3v) is 3.60. The molecule has 0 aliphatic rings. The molecule has 0 fully saturated rings. The molecule has 20 heavy (non-hydrogen) atoms. The number of benzene rings is 1. The minimum atomic E-state index is -0.192. The number of amides is 1. The lowest BCUT2D eigenvalue weighted by Crippen LogP contribution is -2.34. The summed E-state index contributed by atoms with van der Waals surface area (Å²) in [5.41, 5.74) is 6.72. The van der Waals surface area contributed by atoms with E-state index >= 15 is 0 Å². The summed E-state index contributed by atoms with van der Waals surface area (Å²) in [5, 5.41) is 0. The van der Waals surface area contributed by atoms with E-state index in [-0.39, 0.29) is 24.4 Å². The van der Waals surface area contributed by atoms with Gasteiger partial charge in [0.15, 0.2) is 0 Å². The molecular formula is C14H22BrClN2O2. The molecule has 1 aromatic carbocycles. The number of ether oxygens (including phenoxy) is 1. The van der Waals surface area contributed by atoms with Crippen LogP contribution in [0.4, 0.5) is 0 Å². The Morgan fingerprint density at radius 1 is 1.40 bits per heavy atom. The van der Waals surface area contributed by atoms with E-state index in [0.717, 1.165) is 10.9 Å². The second-order valence-electron chi connectivity index (χ2n) is 4.49. The van der Waals surface area contributed by atoms with Crippen molar-refractivity contribution in [3.63, 3.8) is 0 Å². The highest BCUT2D eigenvalue weighted by atomic mass is 79.9. The molecule has 0 aromatic heterocycles. The van der Waals surface area contributed by atoms with Gasteiger partial charge in [-0.05, 0) is 24.1 Å². The summed E-state index contributed by atoms with van der Waals surface area (Å²) in [6.07, 6.45) is 0.988. The fourth-order valence-corrected chi connectivity index (χ4v) is 1.95. The normalized spacial score (nSPS) is 11.6. The largest absolute Gasteiger partial charge is 0.380 e. The van der Waals surface area contributed by atoms with Gasteiger partial charge in [-0.3, -0.25) is 4.79 Å². The number of methoxy groups -OCH3 is 1.